The molecule has 0 aliphatic heterocycles. The molecule has 106 valence electrons. The van der Waals surface area contributed by atoms with E-state index in [0.29, 0.717) is 5.56 Å². The zero-order chi connectivity index (χ0) is 21.7. The highest BCUT2D eigenvalue weighted by atomic mass is 14.9. The van der Waals surface area contributed by atoms with Gasteiger partial charge in [0.2, 0.25) is 5.69 Å². The predicted octanol–water partition coefficient (Wildman–Crippen LogP) is 4.13. The van der Waals surface area contributed by atoms with Crippen LogP contribution in [-0.4, -0.2) is 4.98 Å². The van der Waals surface area contributed by atoms with Crippen molar-refractivity contribution in [3.05, 3.63) is 47.4 Å². The molecule has 0 aliphatic rings. The summed E-state index contributed by atoms with van der Waals surface area (Å²) in [6.45, 7) is -0.482. The highest BCUT2D eigenvalue weighted by Crippen LogP contribution is 2.23. The summed E-state index contributed by atoms with van der Waals surface area (Å²) in [7, 11) is 1.75. The van der Waals surface area contributed by atoms with Gasteiger partial charge in [-0.1, -0.05) is 27.6 Å². The summed E-state index contributed by atoms with van der Waals surface area (Å²) in [4.78, 5) is 4.22. The van der Waals surface area contributed by atoms with Gasteiger partial charge in [0.15, 0.2) is 6.20 Å². The van der Waals surface area contributed by atoms with Crippen molar-refractivity contribution < 1.29 is 15.5 Å². The second-order valence-corrected chi connectivity index (χ2v) is 5.05. The molecule has 2 heteroatoms. The van der Waals surface area contributed by atoms with Crippen molar-refractivity contribution in [2.45, 2.75) is 46.3 Å². The van der Waals surface area contributed by atoms with Crippen molar-refractivity contribution in [3.8, 4) is 11.3 Å². The molecule has 2 heterocycles. The van der Waals surface area contributed by atoms with Crippen LogP contribution in [-0.2, 0) is 7.05 Å². The normalized spacial score (nSPS) is 24.4. The number of aryl methyl sites for hydroxylation is 2. The molecular weight excluding hydrogens is 244 g/mol. The van der Waals surface area contributed by atoms with Gasteiger partial charge in [0.1, 0.15) is 7.05 Å². The standard InChI is InChI=1S/C18H25N2/c1-12(2)15-7-8-18(20(6)11-15)16-10-19-17(13(3)4)9-14(16)5/h7-13H,1-6H3/q+1/i1D3,3D3,12D,13D. The minimum Gasteiger partial charge on any atom is -0.260 e. The van der Waals surface area contributed by atoms with Crippen LogP contribution in [0.5, 0.6) is 0 Å². The van der Waals surface area contributed by atoms with Crippen molar-refractivity contribution in [1.82, 2.24) is 4.98 Å². The van der Waals surface area contributed by atoms with Crippen molar-refractivity contribution in [2.24, 2.45) is 7.05 Å². The molecule has 0 aromatic carbocycles. The van der Waals surface area contributed by atoms with Crippen LogP contribution in [0, 0.1) is 6.92 Å². The molecule has 2 atom stereocenters. The third-order valence-electron chi connectivity index (χ3n) is 3.34. The third-order valence-corrected chi connectivity index (χ3v) is 3.34. The predicted molar refractivity (Wildman–Crippen MR) is 83.8 cm³/mol. The molecule has 0 spiro atoms. The molecule has 2 nitrogen and oxygen atoms in total. The molecular formula is C18H25N2+. The highest BCUT2D eigenvalue weighted by molar-refractivity contribution is 5.60. The molecule has 0 radical (unpaired) electrons. The van der Waals surface area contributed by atoms with Crippen molar-refractivity contribution in [1.29, 1.82) is 0 Å². The first kappa shape index (κ1) is 7.35. The molecule has 0 fully saturated rings. The Hall–Kier alpha value is -1.70. The fourth-order valence-corrected chi connectivity index (χ4v) is 2.14. The van der Waals surface area contributed by atoms with Gasteiger partial charge in [0, 0.05) is 34.5 Å². The maximum atomic E-state index is 8.23. The first-order valence-electron chi connectivity index (χ1n) is 10.5. The topological polar surface area (TPSA) is 16.8 Å². The van der Waals surface area contributed by atoms with Crippen molar-refractivity contribution >= 4 is 0 Å². The Kier molecular flexibility index (Phi) is 2.11. The SMILES string of the molecule is [2H]C([2H])([2H])C([2H])(C)c1ccc(-c2cnc(C([2H])(C)C([2H])([2H])[2H])cc2C)[n+](C)c1. The van der Waals surface area contributed by atoms with Gasteiger partial charge in [-0.15, -0.1) is 0 Å². The third kappa shape index (κ3) is 2.90. The average molecular weight is 277 g/mol. The van der Waals surface area contributed by atoms with Gasteiger partial charge in [0.05, 0.1) is 5.56 Å². The van der Waals surface area contributed by atoms with Crippen LogP contribution in [0.15, 0.2) is 30.6 Å². The fraction of sp³-hybridized carbons (Fsp3) is 0.444. The van der Waals surface area contributed by atoms with E-state index in [4.69, 9.17) is 11.0 Å². The number of pyridine rings is 2. The summed E-state index contributed by atoms with van der Waals surface area (Å²) < 4.78 is 63.6. The van der Waals surface area contributed by atoms with E-state index >= 15 is 0 Å². The lowest BCUT2D eigenvalue weighted by atomic mass is 10.0. The first-order chi connectivity index (χ1) is 12.5. The van der Waals surface area contributed by atoms with Gasteiger partial charge < -0.3 is 0 Å². The summed E-state index contributed by atoms with van der Waals surface area (Å²) in [5.41, 5.74) is 2.75. The summed E-state index contributed by atoms with van der Waals surface area (Å²) in [6, 6.07) is 4.93. The minimum atomic E-state index is -2.51. The largest absolute Gasteiger partial charge is 0.260 e. The lowest BCUT2D eigenvalue weighted by molar-refractivity contribution is -0.660. The minimum absolute atomic E-state index is 0.161. The number of hydrogen-bond acceptors (Lipinski definition) is 1. The summed E-state index contributed by atoms with van der Waals surface area (Å²) >= 11 is 0. The Labute approximate surface area is 133 Å². The van der Waals surface area contributed by atoms with E-state index in [1.165, 1.54) is 20.0 Å². The fourth-order valence-electron chi connectivity index (χ4n) is 2.14. The van der Waals surface area contributed by atoms with Crippen LogP contribution < -0.4 is 4.57 Å². The van der Waals surface area contributed by atoms with E-state index in [1.807, 2.05) is 0 Å². The number of hydrogen-bond donors (Lipinski definition) is 0. The van der Waals surface area contributed by atoms with Crippen molar-refractivity contribution in [3.63, 3.8) is 0 Å². The Morgan fingerprint density at radius 1 is 1.25 bits per heavy atom. The lowest BCUT2D eigenvalue weighted by Crippen LogP contribution is -2.31. The highest BCUT2D eigenvalue weighted by Gasteiger charge is 2.15. The van der Waals surface area contributed by atoms with Gasteiger partial charge in [-0.25, -0.2) is 4.57 Å². The Morgan fingerprint density at radius 2 is 2.00 bits per heavy atom. The van der Waals surface area contributed by atoms with Gasteiger partial charge in [-0.05, 0) is 36.4 Å². The molecule has 0 amide bonds. The van der Waals surface area contributed by atoms with E-state index in [0.717, 1.165) is 16.8 Å². The molecule has 0 saturated heterocycles. The summed E-state index contributed by atoms with van der Waals surface area (Å²) in [6.07, 6.45) is 3.14. The van der Waals surface area contributed by atoms with Gasteiger partial charge >= 0.3 is 0 Å². The van der Waals surface area contributed by atoms with Crippen LogP contribution in [0.1, 0.15) is 67.1 Å². The van der Waals surface area contributed by atoms with E-state index in [-0.39, 0.29) is 5.69 Å². The maximum absolute atomic E-state index is 8.23. The zero-order valence-corrected chi connectivity index (χ0v) is 12.3. The molecule has 0 N–H and O–H groups in total. The van der Waals surface area contributed by atoms with E-state index in [1.54, 1.807) is 42.9 Å². The number of aromatic nitrogens is 2. The van der Waals surface area contributed by atoms with Crippen LogP contribution in [0.4, 0.5) is 0 Å². The molecule has 2 aromatic rings. The quantitative estimate of drug-likeness (QED) is 0.771. The molecule has 0 aliphatic carbocycles. The summed E-state index contributed by atoms with van der Waals surface area (Å²) in [5.74, 6) is -3.57. The van der Waals surface area contributed by atoms with Gasteiger partial charge in [-0.2, -0.15) is 0 Å². The first-order valence-corrected chi connectivity index (χ1v) is 6.48. The number of rotatable bonds is 3. The van der Waals surface area contributed by atoms with E-state index in [9.17, 15) is 0 Å². The molecule has 0 saturated carbocycles. The van der Waals surface area contributed by atoms with Gasteiger partial charge in [0.25, 0.3) is 0 Å². The monoisotopic (exact) mass is 277 g/mol. The molecule has 2 unspecified atom stereocenters. The van der Waals surface area contributed by atoms with Gasteiger partial charge in [-0.3, -0.25) is 4.98 Å². The Balaban J connectivity index is 2.50. The van der Waals surface area contributed by atoms with E-state index in [2.05, 4.69) is 4.98 Å². The molecule has 2 rings (SSSR count). The Morgan fingerprint density at radius 3 is 2.60 bits per heavy atom. The second kappa shape index (κ2) is 5.74. The Bertz CT molecular complexity index is 809. The summed E-state index contributed by atoms with van der Waals surface area (Å²) in [5, 5.41) is 0. The molecule has 20 heavy (non-hydrogen) atoms. The van der Waals surface area contributed by atoms with Crippen LogP contribution >= 0.6 is 0 Å². The number of nitrogens with zero attached hydrogens (tertiary/aromatic N) is 2. The van der Waals surface area contributed by atoms with Crippen LogP contribution in [0.25, 0.3) is 11.3 Å². The lowest BCUT2D eigenvalue weighted by Gasteiger charge is -2.10. The smallest absolute Gasteiger partial charge is 0.214 e. The second-order valence-electron chi connectivity index (χ2n) is 5.05. The molecule has 2 aromatic heterocycles. The van der Waals surface area contributed by atoms with Crippen molar-refractivity contribution in [2.75, 3.05) is 0 Å². The van der Waals surface area contributed by atoms with Crippen LogP contribution in [0.2, 0.25) is 0 Å². The molecule has 0 bridgehead atoms. The average Bonchev–Trinajstić information content (AvgIpc) is 2.53. The zero-order valence-electron chi connectivity index (χ0n) is 20.3. The van der Waals surface area contributed by atoms with E-state index < -0.39 is 25.5 Å². The maximum Gasteiger partial charge on any atom is 0.214 e. The van der Waals surface area contributed by atoms with Crippen LogP contribution in [0.3, 0.4) is 0 Å².